The molecule has 1 N–H and O–H groups in total. The van der Waals surface area contributed by atoms with Crippen LogP contribution in [0.5, 0.6) is 0 Å². The Kier molecular flexibility index (Phi) is 4.64. The van der Waals surface area contributed by atoms with Crippen LogP contribution in [-0.4, -0.2) is 8.42 Å². The normalized spacial score (nSPS) is 11.5. The van der Waals surface area contributed by atoms with Gasteiger partial charge in [0.05, 0.1) is 10.2 Å². The van der Waals surface area contributed by atoms with Crippen LogP contribution in [0.4, 0.5) is 18.9 Å². The fraction of sp³-hybridized carbons (Fsp3) is 0. The summed E-state index contributed by atoms with van der Waals surface area (Å²) in [6.07, 6.45) is 0. The van der Waals surface area contributed by atoms with Crippen LogP contribution >= 0.6 is 31.9 Å². The minimum Gasteiger partial charge on any atom is -0.277 e. The minimum absolute atomic E-state index is 0.0171. The molecule has 2 aromatic carbocycles. The summed E-state index contributed by atoms with van der Waals surface area (Å²) < 4.78 is 65.8. The second kappa shape index (κ2) is 5.98. The summed E-state index contributed by atoms with van der Waals surface area (Å²) >= 11 is 5.75. The van der Waals surface area contributed by atoms with E-state index in [0.717, 1.165) is 24.3 Å². The SMILES string of the molecule is O=S(=O)(Nc1cc(Br)c(F)cc1F)c1ccc(F)cc1Br. The molecule has 9 heteroatoms. The molecule has 0 aromatic heterocycles. The van der Waals surface area contributed by atoms with Gasteiger partial charge >= 0.3 is 0 Å². The number of sulfonamides is 1. The molecule has 112 valence electrons. The number of benzene rings is 2. The fourth-order valence-corrected chi connectivity index (χ4v) is 3.95. The molecule has 21 heavy (non-hydrogen) atoms. The smallest absolute Gasteiger partial charge is 0.263 e. The van der Waals surface area contributed by atoms with Crippen LogP contribution < -0.4 is 4.72 Å². The lowest BCUT2D eigenvalue weighted by Gasteiger charge is -2.11. The highest BCUT2D eigenvalue weighted by Crippen LogP contribution is 2.28. The molecule has 0 heterocycles. The maximum atomic E-state index is 13.6. The third kappa shape index (κ3) is 3.58. The van der Waals surface area contributed by atoms with E-state index >= 15 is 0 Å². The monoisotopic (exact) mass is 443 g/mol. The van der Waals surface area contributed by atoms with Gasteiger partial charge in [0.1, 0.15) is 22.3 Å². The zero-order chi connectivity index (χ0) is 15.8. The molecule has 0 aliphatic rings. The van der Waals surface area contributed by atoms with E-state index in [2.05, 4.69) is 31.9 Å². The van der Waals surface area contributed by atoms with Crippen molar-refractivity contribution < 1.29 is 21.6 Å². The molecule has 0 unspecified atom stereocenters. The summed E-state index contributed by atoms with van der Waals surface area (Å²) in [5, 5.41) is 0. The van der Waals surface area contributed by atoms with E-state index in [9.17, 15) is 21.6 Å². The first kappa shape index (κ1) is 16.3. The van der Waals surface area contributed by atoms with Gasteiger partial charge in [-0.25, -0.2) is 21.6 Å². The van der Waals surface area contributed by atoms with E-state index < -0.39 is 33.2 Å². The van der Waals surface area contributed by atoms with Gasteiger partial charge in [-0.15, -0.1) is 0 Å². The largest absolute Gasteiger partial charge is 0.277 e. The van der Waals surface area contributed by atoms with Gasteiger partial charge < -0.3 is 0 Å². The van der Waals surface area contributed by atoms with Gasteiger partial charge in [-0.05, 0) is 56.1 Å². The van der Waals surface area contributed by atoms with Gasteiger partial charge in [-0.1, -0.05) is 0 Å². The van der Waals surface area contributed by atoms with Gasteiger partial charge in [-0.3, -0.25) is 4.72 Å². The van der Waals surface area contributed by atoms with Crippen molar-refractivity contribution in [3.05, 3.63) is 56.7 Å². The van der Waals surface area contributed by atoms with Crippen LogP contribution in [0.15, 0.2) is 44.2 Å². The van der Waals surface area contributed by atoms with Crippen molar-refractivity contribution in [1.29, 1.82) is 0 Å². The Morgan fingerprint density at radius 2 is 1.57 bits per heavy atom. The molecule has 0 fully saturated rings. The number of hydrogen-bond donors (Lipinski definition) is 1. The zero-order valence-corrected chi connectivity index (χ0v) is 14.0. The van der Waals surface area contributed by atoms with E-state index in [4.69, 9.17) is 0 Å². The van der Waals surface area contributed by atoms with Crippen molar-refractivity contribution in [2.45, 2.75) is 4.90 Å². The third-order valence-corrected chi connectivity index (χ3v) is 5.39. The second-order valence-corrected chi connectivity index (χ2v) is 7.29. The minimum atomic E-state index is -4.16. The molecular formula is C12H6Br2F3NO2S. The van der Waals surface area contributed by atoms with Gasteiger partial charge in [0.2, 0.25) is 0 Å². The van der Waals surface area contributed by atoms with Crippen molar-refractivity contribution in [3.63, 3.8) is 0 Å². The standard InChI is InChI=1S/C12H6Br2F3NO2S/c13-7-4-11(10(17)5-9(7)16)18-21(19,20)12-2-1-6(15)3-8(12)14/h1-5,18H. The summed E-state index contributed by atoms with van der Waals surface area (Å²) in [6.45, 7) is 0. The lowest BCUT2D eigenvalue weighted by molar-refractivity contribution is 0.579. The Morgan fingerprint density at radius 3 is 2.19 bits per heavy atom. The molecule has 0 saturated heterocycles. The van der Waals surface area contributed by atoms with Gasteiger partial charge in [0, 0.05) is 10.5 Å². The molecule has 0 atom stereocenters. The van der Waals surface area contributed by atoms with Crippen molar-refractivity contribution >= 4 is 47.6 Å². The highest BCUT2D eigenvalue weighted by Gasteiger charge is 2.20. The molecule has 2 rings (SSSR count). The summed E-state index contributed by atoms with van der Waals surface area (Å²) in [6, 6.07) is 4.45. The quantitative estimate of drug-likeness (QED) is 0.712. The summed E-state index contributed by atoms with van der Waals surface area (Å²) in [4.78, 5) is -0.274. The highest BCUT2D eigenvalue weighted by molar-refractivity contribution is 9.10. The van der Waals surface area contributed by atoms with Crippen molar-refractivity contribution in [1.82, 2.24) is 0 Å². The molecule has 0 aliphatic carbocycles. The Bertz CT molecular complexity index is 812. The highest BCUT2D eigenvalue weighted by atomic mass is 79.9. The lowest BCUT2D eigenvalue weighted by Crippen LogP contribution is -2.15. The first-order valence-corrected chi connectivity index (χ1v) is 8.40. The van der Waals surface area contributed by atoms with E-state index in [1.165, 1.54) is 0 Å². The van der Waals surface area contributed by atoms with E-state index in [-0.39, 0.29) is 13.8 Å². The number of anilines is 1. The van der Waals surface area contributed by atoms with Crippen LogP contribution in [0, 0.1) is 17.5 Å². The predicted octanol–water partition coefficient (Wildman–Crippen LogP) is 4.43. The zero-order valence-electron chi connectivity index (χ0n) is 10.0. The number of hydrogen-bond acceptors (Lipinski definition) is 2. The maximum Gasteiger partial charge on any atom is 0.263 e. The molecule has 0 amide bonds. The Morgan fingerprint density at radius 1 is 0.905 bits per heavy atom. The third-order valence-electron chi connectivity index (χ3n) is 2.44. The van der Waals surface area contributed by atoms with Crippen LogP contribution in [0.3, 0.4) is 0 Å². The van der Waals surface area contributed by atoms with Crippen LogP contribution in [-0.2, 0) is 10.0 Å². The molecule has 0 radical (unpaired) electrons. The Hall–Kier alpha value is -1.06. The number of halogens is 5. The molecular weight excluding hydrogens is 439 g/mol. The Balaban J connectivity index is 2.45. The molecule has 0 bridgehead atoms. The number of nitrogens with one attached hydrogen (secondary N) is 1. The lowest BCUT2D eigenvalue weighted by atomic mass is 10.3. The van der Waals surface area contributed by atoms with Crippen LogP contribution in [0.2, 0.25) is 0 Å². The first-order chi connectivity index (χ1) is 9.70. The first-order valence-electron chi connectivity index (χ1n) is 5.33. The second-order valence-electron chi connectivity index (χ2n) is 3.93. The van der Waals surface area contributed by atoms with E-state index in [1.807, 2.05) is 4.72 Å². The van der Waals surface area contributed by atoms with Gasteiger partial charge in [0.25, 0.3) is 10.0 Å². The summed E-state index contributed by atoms with van der Waals surface area (Å²) in [5.41, 5.74) is -0.431. The molecule has 0 aliphatic heterocycles. The molecule has 2 aromatic rings. The van der Waals surface area contributed by atoms with Crippen molar-refractivity contribution in [2.24, 2.45) is 0 Å². The summed E-state index contributed by atoms with van der Waals surface area (Å²) in [7, 11) is -4.16. The topological polar surface area (TPSA) is 46.2 Å². The van der Waals surface area contributed by atoms with Crippen molar-refractivity contribution in [3.8, 4) is 0 Å². The predicted molar refractivity (Wildman–Crippen MR) is 79.0 cm³/mol. The fourth-order valence-electron chi connectivity index (χ4n) is 1.49. The molecule has 3 nitrogen and oxygen atoms in total. The van der Waals surface area contributed by atoms with Gasteiger partial charge in [-0.2, -0.15) is 0 Å². The van der Waals surface area contributed by atoms with Crippen molar-refractivity contribution in [2.75, 3.05) is 4.72 Å². The van der Waals surface area contributed by atoms with E-state index in [0.29, 0.717) is 6.07 Å². The molecule has 0 saturated carbocycles. The number of rotatable bonds is 3. The Labute approximate surface area is 135 Å². The van der Waals surface area contributed by atoms with E-state index in [1.54, 1.807) is 0 Å². The maximum absolute atomic E-state index is 13.6. The van der Waals surface area contributed by atoms with Crippen LogP contribution in [0.25, 0.3) is 0 Å². The average Bonchev–Trinajstić information content (AvgIpc) is 2.35. The average molecular weight is 445 g/mol. The van der Waals surface area contributed by atoms with Crippen LogP contribution in [0.1, 0.15) is 0 Å². The summed E-state index contributed by atoms with van der Waals surface area (Å²) in [5.74, 6) is -2.56. The van der Waals surface area contributed by atoms with Gasteiger partial charge in [0.15, 0.2) is 0 Å². The molecule has 0 spiro atoms.